The third kappa shape index (κ3) is 3.31. The van der Waals surface area contributed by atoms with Gasteiger partial charge in [0.2, 0.25) is 0 Å². The van der Waals surface area contributed by atoms with Crippen molar-refractivity contribution in [1.82, 2.24) is 14.7 Å². The quantitative estimate of drug-likeness (QED) is 0.916. The van der Waals surface area contributed by atoms with Crippen LogP contribution in [0.5, 0.6) is 0 Å². The van der Waals surface area contributed by atoms with Gasteiger partial charge >= 0.3 is 5.97 Å². The molecule has 1 aromatic carbocycles. The number of para-hydroxylation sites is 1. The maximum Gasteiger partial charge on any atom is 0.304 e. The maximum atomic E-state index is 10.9. The third-order valence-electron chi connectivity index (χ3n) is 3.94. The normalized spacial score (nSPS) is 19.0. The molecule has 1 saturated heterocycles. The molecule has 3 rings (SSSR count). The fourth-order valence-electron chi connectivity index (χ4n) is 2.91. The van der Waals surface area contributed by atoms with Crippen molar-refractivity contribution in [3.05, 3.63) is 48.3 Å². The Morgan fingerprint density at radius 1 is 1.29 bits per heavy atom. The fourth-order valence-corrected chi connectivity index (χ4v) is 2.91. The van der Waals surface area contributed by atoms with Crippen molar-refractivity contribution in [2.75, 3.05) is 6.54 Å². The lowest BCUT2D eigenvalue weighted by atomic mass is 10.1. The van der Waals surface area contributed by atoms with Gasteiger partial charge in [0.25, 0.3) is 0 Å². The molecule has 0 spiro atoms. The molecule has 2 heterocycles. The highest BCUT2D eigenvalue weighted by Gasteiger charge is 2.26. The van der Waals surface area contributed by atoms with Crippen molar-refractivity contribution in [1.29, 1.82) is 0 Å². The average Bonchev–Trinajstić information content (AvgIpc) is 3.10. The van der Waals surface area contributed by atoms with E-state index in [0.717, 1.165) is 37.3 Å². The highest BCUT2D eigenvalue weighted by molar-refractivity contribution is 5.67. The summed E-state index contributed by atoms with van der Waals surface area (Å²) in [6.07, 6.45) is 4.20. The Kier molecular flexibility index (Phi) is 4.01. The molecular formula is C16H19N3O2. The average molecular weight is 285 g/mol. The molecule has 5 heteroatoms. The largest absolute Gasteiger partial charge is 0.481 e. The van der Waals surface area contributed by atoms with Crippen molar-refractivity contribution in [3.63, 3.8) is 0 Å². The second kappa shape index (κ2) is 6.10. The second-order valence-corrected chi connectivity index (χ2v) is 5.45. The van der Waals surface area contributed by atoms with Crippen LogP contribution in [0.4, 0.5) is 0 Å². The predicted molar refractivity (Wildman–Crippen MR) is 79.2 cm³/mol. The molecule has 1 fully saturated rings. The lowest BCUT2D eigenvalue weighted by Gasteiger charge is -2.21. The third-order valence-corrected chi connectivity index (χ3v) is 3.94. The number of carboxylic acid groups (broad SMARTS) is 1. The Labute approximate surface area is 123 Å². The van der Waals surface area contributed by atoms with Crippen LogP contribution in [0.2, 0.25) is 0 Å². The summed E-state index contributed by atoms with van der Waals surface area (Å²) in [6.45, 7) is 1.67. The first-order chi connectivity index (χ1) is 10.2. The van der Waals surface area contributed by atoms with Crippen molar-refractivity contribution >= 4 is 5.97 Å². The molecule has 1 aliphatic heterocycles. The van der Waals surface area contributed by atoms with E-state index in [1.54, 1.807) is 0 Å². The van der Waals surface area contributed by atoms with Crippen LogP contribution in [0.25, 0.3) is 5.69 Å². The van der Waals surface area contributed by atoms with Gasteiger partial charge in [0.15, 0.2) is 0 Å². The first-order valence-corrected chi connectivity index (χ1v) is 7.28. The van der Waals surface area contributed by atoms with Crippen LogP contribution < -0.4 is 0 Å². The van der Waals surface area contributed by atoms with Gasteiger partial charge in [-0.3, -0.25) is 9.69 Å². The molecule has 110 valence electrons. The van der Waals surface area contributed by atoms with E-state index in [1.165, 1.54) is 0 Å². The van der Waals surface area contributed by atoms with Crippen LogP contribution in [0.1, 0.15) is 25.0 Å². The van der Waals surface area contributed by atoms with E-state index in [2.05, 4.69) is 10.00 Å². The van der Waals surface area contributed by atoms with E-state index in [0.29, 0.717) is 0 Å². The number of hydrogen-bond donors (Lipinski definition) is 1. The summed E-state index contributed by atoms with van der Waals surface area (Å²) in [6, 6.07) is 12.1. The summed E-state index contributed by atoms with van der Waals surface area (Å²) < 4.78 is 1.86. The van der Waals surface area contributed by atoms with Gasteiger partial charge in [0, 0.05) is 18.8 Å². The van der Waals surface area contributed by atoms with Gasteiger partial charge in [-0.2, -0.15) is 5.10 Å². The lowest BCUT2D eigenvalue weighted by molar-refractivity contribution is -0.138. The molecule has 2 aromatic rings. The molecule has 0 radical (unpaired) electrons. The standard InChI is InChI=1S/C16H19N3O2/c20-16(21)11-15-7-4-9-18(15)12-13-8-10-19(17-13)14-5-2-1-3-6-14/h1-3,5-6,8,10,15H,4,7,9,11-12H2,(H,20,21). The molecule has 1 aliphatic rings. The van der Waals surface area contributed by atoms with Crippen LogP contribution >= 0.6 is 0 Å². The number of hydrogen-bond acceptors (Lipinski definition) is 3. The second-order valence-electron chi connectivity index (χ2n) is 5.45. The number of carboxylic acids is 1. The minimum atomic E-state index is -0.721. The Balaban J connectivity index is 1.68. The number of nitrogens with zero attached hydrogens (tertiary/aromatic N) is 3. The van der Waals surface area contributed by atoms with Crippen molar-refractivity contribution in [3.8, 4) is 5.69 Å². The molecule has 0 aliphatic carbocycles. The highest BCUT2D eigenvalue weighted by atomic mass is 16.4. The minimum absolute atomic E-state index is 0.143. The predicted octanol–water partition coefficient (Wildman–Crippen LogP) is 2.31. The van der Waals surface area contributed by atoms with Gasteiger partial charge in [-0.1, -0.05) is 18.2 Å². The van der Waals surface area contributed by atoms with Gasteiger partial charge in [0.05, 0.1) is 17.8 Å². The van der Waals surface area contributed by atoms with Crippen LogP contribution in [0.15, 0.2) is 42.6 Å². The van der Waals surface area contributed by atoms with Crippen LogP contribution in [0, 0.1) is 0 Å². The first kappa shape index (κ1) is 13.8. The van der Waals surface area contributed by atoms with Crippen LogP contribution in [-0.2, 0) is 11.3 Å². The van der Waals surface area contributed by atoms with Gasteiger partial charge in [-0.15, -0.1) is 0 Å². The van der Waals surface area contributed by atoms with E-state index in [4.69, 9.17) is 5.11 Å². The van der Waals surface area contributed by atoms with Gasteiger partial charge < -0.3 is 5.11 Å². The van der Waals surface area contributed by atoms with E-state index < -0.39 is 5.97 Å². The number of aliphatic carboxylic acids is 1. The van der Waals surface area contributed by atoms with Gasteiger partial charge in [-0.05, 0) is 37.6 Å². The molecule has 1 N–H and O–H groups in total. The smallest absolute Gasteiger partial charge is 0.304 e. The Hall–Kier alpha value is -2.14. The molecule has 21 heavy (non-hydrogen) atoms. The van der Waals surface area contributed by atoms with E-state index >= 15 is 0 Å². The topological polar surface area (TPSA) is 58.4 Å². The molecule has 0 amide bonds. The number of rotatable bonds is 5. The number of likely N-dealkylation sites (tertiary alicyclic amines) is 1. The Morgan fingerprint density at radius 2 is 2.10 bits per heavy atom. The molecular weight excluding hydrogens is 266 g/mol. The summed E-state index contributed by atoms with van der Waals surface area (Å²) in [4.78, 5) is 13.1. The minimum Gasteiger partial charge on any atom is -0.481 e. The van der Waals surface area contributed by atoms with E-state index in [1.807, 2.05) is 47.3 Å². The summed E-state index contributed by atoms with van der Waals surface area (Å²) in [5, 5.41) is 13.5. The molecule has 1 unspecified atom stereocenters. The fraction of sp³-hybridized carbons (Fsp3) is 0.375. The van der Waals surface area contributed by atoms with Crippen molar-refractivity contribution in [2.24, 2.45) is 0 Å². The van der Waals surface area contributed by atoms with Crippen molar-refractivity contribution < 1.29 is 9.90 Å². The molecule has 5 nitrogen and oxygen atoms in total. The van der Waals surface area contributed by atoms with Crippen LogP contribution in [-0.4, -0.2) is 38.3 Å². The van der Waals surface area contributed by atoms with E-state index in [9.17, 15) is 4.79 Å². The number of aromatic nitrogens is 2. The lowest BCUT2D eigenvalue weighted by Crippen LogP contribution is -2.31. The first-order valence-electron chi connectivity index (χ1n) is 7.28. The SMILES string of the molecule is O=C(O)CC1CCCN1Cc1ccn(-c2ccccc2)n1. The maximum absolute atomic E-state index is 10.9. The highest BCUT2D eigenvalue weighted by Crippen LogP contribution is 2.22. The van der Waals surface area contributed by atoms with Crippen LogP contribution in [0.3, 0.4) is 0 Å². The van der Waals surface area contributed by atoms with Gasteiger partial charge in [0.1, 0.15) is 0 Å². The summed E-state index contributed by atoms with van der Waals surface area (Å²) in [5.74, 6) is -0.721. The number of carbonyl (C=O) groups is 1. The zero-order chi connectivity index (χ0) is 14.7. The number of benzene rings is 1. The molecule has 1 aromatic heterocycles. The summed E-state index contributed by atoms with van der Waals surface area (Å²) in [7, 11) is 0. The van der Waals surface area contributed by atoms with Crippen molar-refractivity contribution in [2.45, 2.75) is 31.8 Å². The molecule has 0 bridgehead atoms. The van der Waals surface area contributed by atoms with Gasteiger partial charge in [-0.25, -0.2) is 4.68 Å². The Bertz CT molecular complexity index is 609. The van der Waals surface area contributed by atoms with E-state index in [-0.39, 0.29) is 12.5 Å². The zero-order valence-electron chi connectivity index (χ0n) is 11.9. The Morgan fingerprint density at radius 3 is 2.86 bits per heavy atom. The summed E-state index contributed by atoms with van der Waals surface area (Å²) >= 11 is 0. The molecule has 0 saturated carbocycles. The summed E-state index contributed by atoms with van der Waals surface area (Å²) in [5.41, 5.74) is 2.02. The molecule has 1 atom stereocenters. The monoisotopic (exact) mass is 285 g/mol. The zero-order valence-corrected chi connectivity index (χ0v) is 11.9.